The molecule has 39 heavy (non-hydrogen) atoms. The average molecular weight is 562 g/mol. The molecule has 3 heterocycles. The SMILES string of the molecule is c1ccc2c(c1)[se]c1ccc(-n3c4ccccc4c4cc(-n5c6ccccc6c6ccccc65)ccc43)cc12. The molecular weight excluding hydrogens is 539 g/mol. The molecule has 2 nitrogen and oxygen atoms in total. The van der Waals surface area contributed by atoms with Crippen LogP contribution in [0.3, 0.4) is 0 Å². The summed E-state index contributed by atoms with van der Waals surface area (Å²) in [6, 6.07) is 49.1. The molecule has 3 aromatic heterocycles. The maximum atomic E-state index is 2.44. The molecule has 182 valence electrons. The van der Waals surface area contributed by atoms with E-state index in [2.05, 4.69) is 143 Å². The van der Waals surface area contributed by atoms with Gasteiger partial charge in [-0.3, -0.25) is 0 Å². The van der Waals surface area contributed by atoms with Crippen LogP contribution in [0.2, 0.25) is 0 Å². The van der Waals surface area contributed by atoms with Crippen LogP contribution in [0.1, 0.15) is 0 Å². The van der Waals surface area contributed by atoms with E-state index >= 15 is 0 Å². The summed E-state index contributed by atoms with van der Waals surface area (Å²) >= 11 is 0.377. The van der Waals surface area contributed by atoms with Crippen molar-refractivity contribution >= 4 is 77.4 Å². The van der Waals surface area contributed by atoms with Gasteiger partial charge in [0.05, 0.1) is 0 Å². The predicted molar refractivity (Wildman–Crippen MR) is 167 cm³/mol. The van der Waals surface area contributed by atoms with Crippen LogP contribution in [0, 0.1) is 0 Å². The molecule has 9 aromatic rings. The minimum atomic E-state index is 0.377. The number of hydrogen-bond donors (Lipinski definition) is 0. The second-order valence-corrected chi connectivity index (χ2v) is 12.5. The summed E-state index contributed by atoms with van der Waals surface area (Å²) in [5.74, 6) is 0. The summed E-state index contributed by atoms with van der Waals surface area (Å²) < 4.78 is 7.80. The maximum absolute atomic E-state index is 2.44. The van der Waals surface area contributed by atoms with Gasteiger partial charge in [0, 0.05) is 0 Å². The van der Waals surface area contributed by atoms with Gasteiger partial charge in [0.25, 0.3) is 0 Å². The van der Waals surface area contributed by atoms with E-state index in [1.165, 1.54) is 74.3 Å². The van der Waals surface area contributed by atoms with Crippen LogP contribution in [0.5, 0.6) is 0 Å². The van der Waals surface area contributed by atoms with Gasteiger partial charge >= 0.3 is 195 Å². The van der Waals surface area contributed by atoms with Gasteiger partial charge in [-0.15, -0.1) is 0 Å². The van der Waals surface area contributed by atoms with Gasteiger partial charge in [0.2, 0.25) is 0 Å². The molecule has 0 atom stereocenters. The van der Waals surface area contributed by atoms with E-state index in [-0.39, 0.29) is 0 Å². The quantitative estimate of drug-likeness (QED) is 0.186. The van der Waals surface area contributed by atoms with Gasteiger partial charge in [-0.05, 0) is 0 Å². The topological polar surface area (TPSA) is 9.86 Å². The molecular formula is C36H22N2Se. The zero-order chi connectivity index (χ0) is 25.5. The van der Waals surface area contributed by atoms with Gasteiger partial charge in [0.15, 0.2) is 0 Å². The van der Waals surface area contributed by atoms with Crippen LogP contribution in [-0.2, 0) is 0 Å². The molecule has 0 radical (unpaired) electrons. The minimum absolute atomic E-state index is 0.377. The van der Waals surface area contributed by atoms with Crippen molar-refractivity contribution in [3.05, 3.63) is 133 Å². The van der Waals surface area contributed by atoms with Gasteiger partial charge in [0.1, 0.15) is 0 Å². The first-order valence-corrected chi connectivity index (χ1v) is 15.0. The summed E-state index contributed by atoms with van der Waals surface area (Å²) in [6.07, 6.45) is 0. The Hall–Kier alpha value is -4.56. The van der Waals surface area contributed by atoms with Crippen LogP contribution < -0.4 is 0 Å². The number of para-hydroxylation sites is 3. The van der Waals surface area contributed by atoms with E-state index in [4.69, 9.17) is 0 Å². The molecule has 0 aliphatic carbocycles. The first-order chi connectivity index (χ1) is 19.3. The Balaban J connectivity index is 1.34. The molecule has 6 aromatic carbocycles. The van der Waals surface area contributed by atoms with Crippen molar-refractivity contribution in [3.8, 4) is 11.4 Å². The number of hydrogen-bond acceptors (Lipinski definition) is 0. The van der Waals surface area contributed by atoms with Crippen LogP contribution >= 0.6 is 0 Å². The molecule has 0 bridgehead atoms. The molecule has 0 saturated heterocycles. The molecule has 0 aliphatic rings. The summed E-state index contributed by atoms with van der Waals surface area (Å²) in [6.45, 7) is 0. The zero-order valence-corrected chi connectivity index (χ0v) is 22.7. The number of aromatic nitrogens is 2. The zero-order valence-electron chi connectivity index (χ0n) is 21.0. The monoisotopic (exact) mass is 562 g/mol. The summed E-state index contributed by atoms with van der Waals surface area (Å²) in [5.41, 5.74) is 7.36. The standard InChI is InChI=1S/C36H22N2Se/c1-5-13-31-25(9-1)26-10-2-6-14-32(26)37(31)23-17-19-34-29(21-23)27-11-3-7-15-33(27)38(34)24-18-20-36-30(22-24)28-12-4-8-16-35(28)39-36/h1-22H. The van der Waals surface area contributed by atoms with Crippen molar-refractivity contribution in [2.75, 3.05) is 0 Å². The van der Waals surface area contributed by atoms with Crippen molar-refractivity contribution in [1.29, 1.82) is 0 Å². The average Bonchev–Trinajstić information content (AvgIpc) is 3.64. The summed E-state index contributed by atoms with van der Waals surface area (Å²) in [4.78, 5) is 0. The molecule has 0 N–H and O–H groups in total. The number of nitrogens with zero attached hydrogens (tertiary/aromatic N) is 2. The second-order valence-electron chi connectivity index (χ2n) is 10.2. The Morgan fingerprint density at radius 2 is 0.769 bits per heavy atom. The van der Waals surface area contributed by atoms with Gasteiger partial charge in [-0.1, -0.05) is 36.4 Å². The second kappa shape index (κ2) is 7.97. The van der Waals surface area contributed by atoms with Gasteiger partial charge < -0.3 is 0 Å². The molecule has 0 unspecified atom stereocenters. The molecule has 3 heteroatoms. The van der Waals surface area contributed by atoms with Gasteiger partial charge in [-0.25, -0.2) is 0 Å². The third-order valence-electron chi connectivity index (χ3n) is 8.11. The van der Waals surface area contributed by atoms with E-state index < -0.39 is 0 Å². The fourth-order valence-electron chi connectivity index (χ4n) is 6.43. The Bertz CT molecular complexity index is 2350. The third-order valence-corrected chi connectivity index (χ3v) is 10.5. The first kappa shape index (κ1) is 21.4. The Morgan fingerprint density at radius 3 is 1.41 bits per heavy atom. The molecule has 0 amide bonds. The van der Waals surface area contributed by atoms with Crippen LogP contribution in [0.4, 0.5) is 0 Å². The normalized spacial score (nSPS) is 12.1. The third kappa shape index (κ3) is 2.97. The van der Waals surface area contributed by atoms with E-state index in [9.17, 15) is 0 Å². The molecule has 0 saturated carbocycles. The van der Waals surface area contributed by atoms with E-state index in [1.807, 2.05) is 0 Å². The first-order valence-electron chi connectivity index (χ1n) is 13.3. The molecule has 0 aliphatic heterocycles. The Labute approximate surface area is 230 Å². The summed E-state index contributed by atoms with van der Waals surface area (Å²) in [5, 5.41) is 7.90. The van der Waals surface area contributed by atoms with Crippen molar-refractivity contribution in [1.82, 2.24) is 9.13 Å². The van der Waals surface area contributed by atoms with E-state index in [0.717, 1.165) is 0 Å². The van der Waals surface area contributed by atoms with Crippen LogP contribution in [0.25, 0.3) is 74.3 Å². The summed E-state index contributed by atoms with van der Waals surface area (Å²) in [7, 11) is 0. The fourth-order valence-corrected chi connectivity index (χ4v) is 8.71. The van der Waals surface area contributed by atoms with Crippen molar-refractivity contribution < 1.29 is 0 Å². The number of benzene rings is 6. The fraction of sp³-hybridized carbons (Fsp3) is 0. The predicted octanol–water partition coefficient (Wildman–Crippen LogP) is 9.24. The number of fused-ring (bicyclic) bond motifs is 9. The van der Waals surface area contributed by atoms with Gasteiger partial charge in [-0.2, -0.15) is 0 Å². The molecule has 0 fully saturated rings. The number of rotatable bonds is 2. The van der Waals surface area contributed by atoms with Crippen molar-refractivity contribution in [2.45, 2.75) is 0 Å². The molecule has 9 rings (SSSR count). The van der Waals surface area contributed by atoms with Crippen LogP contribution in [-0.4, -0.2) is 23.6 Å². The Morgan fingerprint density at radius 1 is 0.333 bits per heavy atom. The van der Waals surface area contributed by atoms with Crippen molar-refractivity contribution in [2.24, 2.45) is 0 Å². The molecule has 0 spiro atoms. The van der Waals surface area contributed by atoms with E-state index in [1.54, 1.807) is 0 Å². The Kier molecular flexibility index (Phi) is 4.37. The van der Waals surface area contributed by atoms with Crippen molar-refractivity contribution in [3.63, 3.8) is 0 Å². The van der Waals surface area contributed by atoms with E-state index in [0.29, 0.717) is 14.5 Å². The van der Waals surface area contributed by atoms with Crippen LogP contribution in [0.15, 0.2) is 133 Å².